The van der Waals surface area contributed by atoms with Gasteiger partial charge in [-0.15, -0.1) is 0 Å². The van der Waals surface area contributed by atoms with E-state index in [1.54, 1.807) is 14.0 Å². The first kappa shape index (κ1) is 17.6. The summed E-state index contributed by atoms with van der Waals surface area (Å²) in [4.78, 5) is 16.0. The number of rotatable bonds is 11. The average molecular weight is 284 g/mol. The molecule has 0 saturated carbocycles. The van der Waals surface area contributed by atoms with Gasteiger partial charge >= 0.3 is 0 Å². The zero-order valence-electron chi connectivity index (χ0n) is 13.4. The van der Waals surface area contributed by atoms with Crippen LogP contribution in [0.1, 0.15) is 45.4 Å². The molecule has 0 aromatic heterocycles. The summed E-state index contributed by atoms with van der Waals surface area (Å²) in [6.45, 7) is 9.79. The summed E-state index contributed by atoms with van der Waals surface area (Å²) < 4.78 is 5.10. The molecule has 0 amide bonds. The Hall–Kier alpha value is -0.450. The normalized spacial score (nSPS) is 17.5. The Labute approximate surface area is 124 Å². The fourth-order valence-corrected chi connectivity index (χ4v) is 2.73. The Balaban J connectivity index is 1.93. The highest BCUT2D eigenvalue weighted by Gasteiger charge is 2.15. The van der Waals surface area contributed by atoms with Crippen molar-refractivity contribution in [3.05, 3.63) is 0 Å². The number of carbonyl (C=O) groups is 1. The van der Waals surface area contributed by atoms with E-state index in [-0.39, 0.29) is 0 Å². The van der Waals surface area contributed by atoms with E-state index in [1.165, 1.54) is 58.5 Å². The molecular formula is C16H32N2O2. The van der Waals surface area contributed by atoms with Crippen LogP contribution in [0.5, 0.6) is 0 Å². The second-order valence-electron chi connectivity index (χ2n) is 5.90. The molecule has 20 heavy (non-hydrogen) atoms. The molecule has 4 nitrogen and oxygen atoms in total. The molecule has 1 heterocycles. The number of ketones is 1. The monoisotopic (exact) mass is 284 g/mol. The number of piperazine rings is 1. The minimum atomic E-state index is 0.328. The van der Waals surface area contributed by atoms with Gasteiger partial charge in [0, 0.05) is 52.9 Å². The van der Waals surface area contributed by atoms with Gasteiger partial charge in [-0.05, 0) is 32.7 Å². The highest BCUT2D eigenvalue weighted by Crippen LogP contribution is 2.07. The first-order valence-corrected chi connectivity index (χ1v) is 8.15. The standard InChI is InChI=1S/C16H32N2O2/c1-16(19)8-5-3-4-6-9-17-11-13-18(14-12-17)10-7-15-20-2/h3-15H2,1-2H3. The fourth-order valence-electron chi connectivity index (χ4n) is 2.73. The molecule has 0 atom stereocenters. The summed E-state index contributed by atoms with van der Waals surface area (Å²) in [6, 6.07) is 0. The quantitative estimate of drug-likeness (QED) is 0.544. The zero-order valence-corrected chi connectivity index (χ0v) is 13.4. The number of unbranched alkanes of at least 4 members (excludes halogenated alkanes) is 3. The number of methoxy groups -OCH3 is 1. The second kappa shape index (κ2) is 11.2. The predicted molar refractivity (Wildman–Crippen MR) is 83.1 cm³/mol. The summed E-state index contributed by atoms with van der Waals surface area (Å²) in [5.41, 5.74) is 0. The lowest BCUT2D eigenvalue weighted by Gasteiger charge is -2.34. The number of hydrogen-bond donors (Lipinski definition) is 0. The molecular weight excluding hydrogens is 252 g/mol. The van der Waals surface area contributed by atoms with Crippen LogP contribution in [-0.4, -0.2) is 68.6 Å². The van der Waals surface area contributed by atoms with Gasteiger partial charge in [-0.3, -0.25) is 0 Å². The summed E-state index contributed by atoms with van der Waals surface area (Å²) in [6.07, 6.45) is 6.73. The maximum atomic E-state index is 10.8. The lowest BCUT2D eigenvalue weighted by atomic mass is 10.1. The highest BCUT2D eigenvalue weighted by molar-refractivity contribution is 5.75. The van der Waals surface area contributed by atoms with Crippen molar-refractivity contribution in [2.24, 2.45) is 0 Å². The van der Waals surface area contributed by atoms with Gasteiger partial charge in [0.05, 0.1) is 0 Å². The molecule has 1 fully saturated rings. The van der Waals surface area contributed by atoms with Crippen molar-refractivity contribution in [1.29, 1.82) is 0 Å². The van der Waals surface area contributed by atoms with E-state index in [1.807, 2.05) is 0 Å². The van der Waals surface area contributed by atoms with Crippen LogP contribution in [0.25, 0.3) is 0 Å². The maximum absolute atomic E-state index is 10.8. The van der Waals surface area contributed by atoms with Crippen molar-refractivity contribution in [1.82, 2.24) is 9.80 Å². The fraction of sp³-hybridized carbons (Fsp3) is 0.938. The van der Waals surface area contributed by atoms with E-state index >= 15 is 0 Å². The Bertz CT molecular complexity index is 251. The Morgan fingerprint density at radius 2 is 1.45 bits per heavy atom. The summed E-state index contributed by atoms with van der Waals surface area (Å²) in [5, 5.41) is 0. The molecule has 118 valence electrons. The van der Waals surface area contributed by atoms with Gasteiger partial charge in [0.1, 0.15) is 5.78 Å². The van der Waals surface area contributed by atoms with Crippen LogP contribution in [-0.2, 0) is 9.53 Å². The third-order valence-electron chi connectivity index (χ3n) is 4.04. The third kappa shape index (κ3) is 8.67. The van der Waals surface area contributed by atoms with Gasteiger partial charge in [-0.2, -0.15) is 0 Å². The number of hydrogen-bond acceptors (Lipinski definition) is 4. The minimum absolute atomic E-state index is 0.328. The Kier molecular flexibility index (Phi) is 9.89. The van der Waals surface area contributed by atoms with Crippen molar-refractivity contribution < 1.29 is 9.53 Å². The number of nitrogens with zero attached hydrogens (tertiary/aromatic N) is 2. The smallest absolute Gasteiger partial charge is 0.129 e. The number of Topliss-reactive ketones (excluding diaryl/α,β-unsaturated/α-hetero) is 1. The van der Waals surface area contributed by atoms with Gasteiger partial charge < -0.3 is 19.3 Å². The van der Waals surface area contributed by atoms with Gasteiger partial charge in [-0.25, -0.2) is 0 Å². The lowest BCUT2D eigenvalue weighted by molar-refractivity contribution is -0.117. The minimum Gasteiger partial charge on any atom is -0.385 e. The van der Waals surface area contributed by atoms with Crippen LogP contribution in [0.2, 0.25) is 0 Å². The molecule has 4 heteroatoms. The second-order valence-corrected chi connectivity index (χ2v) is 5.90. The van der Waals surface area contributed by atoms with E-state index in [4.69, 9.17) is 4.74 Å². The number of carbonyl (C=O) groups excluding carboxylic acids is 1. The van der Waals surface area contributed by atoms with Crippen LogP contribution in [0.4, 0.5) is 0 Å². The van der Waals surface area contributed by atoms with E-state index in [9.17, 15) is 4.79 Å². The molecule has 0 aromatic carbocycles. The van der Waals surface area contributed by atoms with Crippen LogP contribution in [0, 0.1) is 0 Å². The molecule has 0 N–H and O–H groups in total. The summed E-state index contributed by atoms with van der Waals surface area (Å²) in [5.74, 6) is 0.328. The summed E-state index contributed by atoms with van der Waals surface area (Å²) in [7, 11) is 1.77. The number of ether oxygens (including phenoxy) is 1. The van der Waals surface area contributed by atoms with Crippen molar-refractivity contribution in [2.75, 3.05) is 53.0 Å². The largest absolute Gasteiger partial charge is 0.385 e. The first-order chi connectivity index (χ1) is 9.72. The van der Waals surface area contributed by atoms with Crippen molar-refractivity contribution in [2.45, 2.75) is 45.4 Å². The Morgan fingerprint density at radius 3 is 2.00 bits per heavy atom. The van der Waals surface area contributed by atoms with Crippen LogP contribution >= 0.6 is 0 Å². The van der Waals surface area contributed by atoms with Gasteiger partial charge in [-0.1, -0.05) is 12.8 Å². The molecule has 0 bridgehead atoms. The molecule has 1 aliphatic rings. The highest BCUT2D eigenvalue weighted by atomic mass is 16.5. The van der Waals surface area contributed by atoms with E-state index in [2.05, 4.69) is 9.80 Å². The Morgan fingerprint density at radius 1 is 0.900 bits per heavy atom. The predicted octanol–water partition coefficient (Wildman–Crippen LogP) is 2.18. The topological polar surface area (TPSA) is 32.8 Å². The third-order valence-corrected chi connectivity index (χ3v) is 4.04. The molecule has 1 rings (SSSR count). The zero-order chi connectivity index (χ0) is 14.6. The molecule has 0 radical (unpaired) electrons. The molecule has 0 spiro atoms. The van der Waals surface area contributed by atoms with Crippen molar-refractivity contribution in [3.8, 4) is 0 Å². The average Bonchev–Trinajstić information content (AvgIpc) is 2.44. The van der Waals surface area contributed by atoms with Crippen molar-refractivity contribution in [3.63, 3.8) is 0 Å². The van der Waals surface area contributed by atoms with E-state index in [0.29, 0.717) is 5.78 Å². The van der Waals surface area contributed by atoms with Crippen LogP contribution in [0.15, 0.2) is 0 Å². The lowest BCUT2D eigenvalue weighted by Crippen LogP contribution is -2.46. The van der Waals surface area contributed by atoms with Gasteiger partial charge in [0.2, 0.25) is 0 Å². The molecule has 0 unspecified atom stereocenters. The van der Waals surface area contributed by atoms with Gasteiger partial charge in [0.25, 0.3) is 0 Å². The maximum Gasteiger partial charge on any atom is 0.129 e. The SMILES string of the molecule is COCCCN1CCN(CCCCCCC(C)=O)CC1. The van der Waals surface area contributed by atoms with Crippen LogP contribution < -0.4 is 0 Å². The van der Waals surface area contributed by atoms with E-state index in [0.717, 1.165) is 25.9 Å². The van der Waals surface area contributed by atoms with Crippen molar-refractivity contribution >= 4 is 5.78 Å². The molecule has 0 aromatic rings. The molecule has 1 saturated heterocycles. The molecule has 0 aliphatic carbocycles. The summed E-state index contributed by atoms with van der Waals surface area (Å²) >= 11 is 0. The van der Waals surface area contributed by atoms with Crippen LogP contribution in [0.3, 0.4) is 0 Å². The van der Waals surface area contributed by atoms with Gasteiger partial charge in [0.15, 0.2) is 0 Å². The first-order valence-electron chi connectivity index (χ1n) is 8.15. The van der Waals surface area contributed by atoms with E-state index < -0.39 is 0 Å². The molecule has 1 aliphatic heterocycles.